The molecule has 2 aromatic carbocycles. The molecule has 1 amide bonds. The fraction of sp³-hybridized carbons (Fsp3) is 0.111. The second-order valence-electron chi connectivity index (χ2n) is 5.13. The zero-order chi connectivity index (χ0) is 16.4. The van der Waals surface area contributed by atoms with Crippen LogP contribution in [-0.2, 0) is 4.79 Å². The first-order valence-corrected chi connectivity index (χ1v) is 8.29. The summed E-state index contributed by atoms with van der Waals surface area (Å²) in [5, 5.41) is 0. The Labute approximate surface area is 144 Å². The lowest BCUT2D eigenvalue weighted by Gasteiger charge is -2.14. The molecule has 0 saturated carbocycles. The minimum absolute atomic E-state index is 0.0820. The lowest BCUT2D eigenvalue weighted by molar-refractivity contribution is -0.113. The number of methoxy groups -OCH3 is 1. The summed E-state index contributed by atoms with van der Waals surface area (Å²) in [6.45, 7) is 1.99. The molecule has 0 unspecified atom stereocenters. The fourth-order valence-corrected chi connectivity index (χ4v) is 3.61. The van der Waals surface area contributed by atoms with Crippen molar-refractivity contribution in [2.24, 2.45) is 0 Å². The number of thioether (sulfide) groups is 1. The average Bonchev–Trinajstić information content (AvgIpc) is 2.82. The molecule has 0 radical (unpaired) electrons. The topological polar surface area (TPSA) is 29.5 Å². The highest BCUT2D eigenvalue weighted by Gasteiger charge is 2.33. The van der Waals surface area contributed by atoms with Gasteiger partial charge in [-0.1, -0.05) is 48.2 Å². The van der Waals surface area contributed by atoms with Crippen molar-refractivity contribution in [2.45, 2.75) is 6.92 Å². The van der Waals surface area contributed by atoms with E-state index in [1.54, 1.807) is 12.0 Å². The predicted octanol–water partition coefficient (Wildman–Crippen LogP) is 4.41. The molecule has 23 heavy (non-hydrogen) atoms. The van der Waals surface area contributed by atoms with Crippen molar-refractivity contribution in [2.75, 3.05) is 12.0 Å². The number of ether oxygens (including phenoxy) is 1. The number of thiocarbonyl (C=S) groups is 1. The van der Waals surface area contributed by atoms with E-state index in [0.717, 1.165) is 22.6 Å². The summed E-state index contributed by atoms with van der Waals surface area (Å²) in [4.78, 5) is 14.9. The first-order valence-electron chi connectivity index (χ1n) is 7.07. The van der Waals surface area contributed by atoms with Gasteiger partial charge in [-0.3, -0.25) is 9.69 Å². The van der Waals surface area contributed by atoms with Gasteiger partial charge in [-0.2, -0.15) is 0 Å². The van der Waals surface area contributed by atoms with Crippen molar-refractivity contribution in [3.8, 4) is 5.75 Å². The first-order chi connectivity index (χ1) is 11.1. The molecule has 0 spiro atoms. The monoisotopic (exact) mass is 341 g/mol. The van der Waals surface area contributed by atoms with Gasteiger partial charge in [0.1, 0.15) is 5.75 Å². The zero-order valence-electron chi connectivity index (χ0n) is 12.8. The highest BCUT2D eigenvalue weighted by Crippen LogP contribution is 2.36. The summed E-state index contributed by atoms with van der Waals surface area (Å²) >= 11 is 6.71. The summed E-state index contributed by atoms with van der Waals surface area (Å²) in [7, 11) is 1.63. The standard InChI is InChI=1S/C18H15NO2S2/c1-12-4-3-5-14(10-12)19-17(20)16(23-18(19)22)11-13-6-8-15(21-2)9-7-13/h3-11H,1-2H3/b16-11-. The zero-order valence-corrected chi connectivity index (χ0v) is 14.4. The number of amides is 1. The number of benzene rings is 2. The number of nitrogens with zero attached hydrogens (tertiary/aromatic N) is 1. The summed E-state index contributed by atoms with van der Waals surface area (Å²) in [5.74, 6) is 0.705. The van der Waals surface area contributed by atoms with Crippen molar-refractivity contribution in [1.82, 2.24) is 0 Å². The Balaban J connectivity index is 1.89. The Kier molecular flexibility index (Phi) is 4.50. The smallest absolute Gasteiger partial charge is 0.270 e. The molecule has 1 fully saturated rings. The molecule has 1 aliphatic heterocycles. The number of hydrogen-bond donors (Lipinski definition) is 0. The molecule has 1 saturated heterocycles. The molecule has 0 atom stereocenters. The minimum Gasteiger partial charge on any atom is -0.497 e. The third-order valence-electron chi connectivity index (χ3n) is 3.47. The normalized spacial score (nSPS) is 16.3. The molecule has 0 aromatic heterocycles. The van der Waals surface area contributed by atoms with Crippen molar-refractivity contribution in [1.29, 1.82) is 0 Å². The van der Waals surface area contributed by atoms with E-state index in [9.17, 15) is 4.79 Å². The summed E-state index contributed by atoms with van der Waals surface area (Å²) in [5.41, 5.74) is 2.84. The van der Waals surface area contributed by atoms with Gasteiger partial charge in [0.25, 0.3) is 5.91 Å². The van der Waals surface area contributed by atoms with Crippen molar-refractivity contribution >= 4 is 46.0 Å². The van der Waals surface area contributed by atoms with Crippen LogP contribution >= 0.6 is 24.0 Å². The number of rotatable bonds is 3. The lowest BCUT2D eigenvalue weighted by atomic mass is 10.2. The molecule has 1 aliphatic rings. The van der Waals surface area contributed by atoms with Crippen LogP contribution in [0.5, 0.6) is 5.75 Å². The number of aryl methyl sites for hydroxylation is 1. The molecule has 0 bridgehead atoms. The van der Waals surface area contributed by atoms with Crippen molar-refractivity contribution in [3.05, 3.63) is 64.6 Å². The van der Waals surface area contributed by atoms with E-state index in [1.807, 2.05) is 61.5 Å². The van der Waals surface area contributed by atoms with Gasteiger partial charge in [0, 0.05) is 0 Å². The maximum absolute atomic E-state index is 12.7. The first kappa shape index (κ1) is 15.8. The minimum atomic E-state index is -0.0820. The third-order valence-corrected chi connectivity index (χ3v) is 4.77. The van der Waals surface area contributed by atoms with Crippen LogP contribution in [0.2, 0.25) is 0 Å². The molecule has 3 rings (SSSR count). The van der Waals surface area contributed by atoms with Crippen LogP contribution < -0.4 is 9.64 Å². The maximum Gasteiger partial charge on any atom is 0.270 e. The molecular weight excluding hydrogens is 326 g/mol. The van der Waals surface area contributed by atoms with Crippen LogP contribution in [0.15, 0.2) is 53.4 Å². The van der Waals surface area contributed by atoms with Gasteiger partial charge in [-0.05, 0) is 48.4 Å². The molecule has 0 aliphatic carbocycles. The Morgan fingerprint density at radius 2 is 1.91 bits per heavy atom. The quantitative estimate of drug-likeness (QED) is 0.611. The van der Waals surface area contributed by atoms with Gasteiger partial charge in [-0.15, -0.1) is 0 Å². The highest BCUT2D eigenvalue weighted by atomic mass is 32.2. The fourth-order valence-electron chi connectivity index (χ4n) is 2.31. The molecule has 0 N–H and O–H groups in total. The predicted molar refractivity (Wildman–Crippen MR) is 99.8 cm³/mol. The van der Waals surface area contributed by atoms with E-state index >= 15 is 0 Å². The maximum atomic E-state index is 12.7. The molecule has 2 aromatic rings. The Bertz CT molecular complexity index is 797. The van der Waals surface area contributed by atoms with Gasteiger partial charge in [0.05, 0.1) is 17.7 Å². The molecule has 1 heterocycles. The average molecular weight is 341 g/mol. The van der Waals surface area contributed by atoms with Gasteiger partial charge < -0.3 is 4.74 Å². The Hall–Kier alpha value is -2.11. The van der Waals surface area contributed by atoms with Crippen LogP contribution in [0.1, 0.15) is 11.1 Å². The van der Waals surface area contributed by atoms with E-state index in [0.29, 0.717) is 9.23 Å². The largest absolute Gasteiger partial charge is 0.497 e. The number of hydrogen-bond acceptors (Lipinski definition) is 4. The highest BCUT2D eigenvalue weighted by molar-refractivity contribution is 8.27. The summed E-state index contributed by atoms with van der Waals surface area (Å²) in [6, 6.07) is 15.3. The molecule has 116 valence electrons. The number of carbonyl (C=O) groups is 1. The Morgan fingerprint density at radius 1 is 1.17 bits per heavy atom. The van der Waals surface area contributed by atoms with Crippen LogP contribution in [0, 0.1) is 6.92 Å². The van der Waals surface area contributed by atoms with Crippen molar-refractivity contribution < 1.29 is 9.53 Å². The third kappa shape index (κ3) is 3.30. The Morgan fingerprint density at radius 3 is 2.57 bits per heavy atom. The van der Waals surface area contributed by atoms with E-state index < -0.39 is 0 Å². The van der Waals surface area contributed by atoms with Gasteiger partial charge in [0.2, 0.25) is 0 Å². The lowest BCUT2D eigenvalue weighted by Crippen LogP contribution is -2.27. The molecule has 5 heteroatoms. The van der Waals surface area contributed by atoms with Crippen LogP contribution in [-0.4, -0.2) is 17.3 Å². The van der Waals surface area contributed by atoms with E-state index in [1.165, 1.54) is 11.8 Å². The van der Waals surface area contributed by atoms with E-state index in [2.05, 4.69) is 0 Å². The van der Waals surface area contributed by atoms with Crippen molar-refractivity contribution in [3.63, 3.8) is 0 Å². The van der Waals surface area contributed by atoms with Crippen LogP contribution in [0.25, 0.3) is 6.08 Å². The van der Waals surface area contributed by atoms with Gasteiger partial charge >= 0.3 is 0 Å². The van der Waals surface area contributed by atoms with Crippen LogP contribution in [0.3, 0.4) is 0 Å². The van der Waals surface area contributed by atoms with Gasteiger partial charge in [0.15, 0.2) is 4.32 Å². The summed E-state index contributed by atoms with van der Waals surface area (Å²) < 4.78 is 5.70. The van der Waals surface area contributed by atoms with E-state index in [4.69, 9.17) is 17.0 Å². The number of carbonyl (C=O) groups excluding carboxylic acids is 1. The molecule has 3 nitrogen and oxygen atoms in total. The second-order valence-corrected chi connectivity index (χ2v) is 6.81. The SMILES string of the molecule is COc1ccc(/C=C2\SC(=S)N(c3cccc(C)c3)C2=O)cc1. The van der Waals surface area contributed by atoms with Gasteiger partial charge in [-0.25, -0.2) is 0 Å². The second kappa shape index (κ2) is 6.56. The molecular formula is C18H15NO2S2. The van der Waals surface area contributed by atoms with E-state index in [-0.39, 0.29) is 5.91 Å². The number of anilines is 1. The summed E-state index contributed by atoms with van der Waals surface area (Å²) in [6.07, 6.45) is 1.86. The van der Waals surface area contributed by atoms with Crippen LogP contribution in [0.4, 0.5) is 5.69 Å².